The second-order valence-electron chi connectivity index (χ2n) is 7.12. The van der Waals surface area contributed by atoms with Crippen LogP contribution in [0.5, 0.6) is 0 Å². The number of halogens is 1. The number of anilines is 1. The number of nitrogens with zero attached hydrogens (tertiary/aromatic N) is 2. The van der Waals surface area contributed by atoms with E-state index in [-0.39, 0.29) is 16.7 Å². The van der Waals surface area contributed by atoms with Gasteiger partial charge >= 0.3 is 0 Å². The zero-order valence-electron chi connectivity index (χ0n) is 15.4. The zero-order chi connectivity index (χ0) is 19.7. The molecule has 4 rings (SSSR count). The summed E-state index contributed by atoms with van der Waals surface area (Å²) in [4.78, 5) is 14.4. The summed E-state index contributed by atoms with van der Waals surface area (Å²) in [6.45, 7) is 2.04. The van der Waals surface area contributed by atoms with E-state index in [1.54, 1.807) is 12.1 Å². The van der Waals surface area contributed by atoms with Crippen LogP contribution in [0.3, 0.4) is 0 Å². The van der Waals surface area contributed by atoms with Crippen molar-refractivity contribution in [3.05, 3.63) is 45.8 Å². The summed E-state index contributed by atoms with van der Waals surface area (Å²) in [6.07, 6.45) is 3.37. The van der Waals surface area contributed by atoms with Crippen LogP contribution >= 0.6 is 22.9 Å². The van der Waals surface area contributed by atoms with E-state index in [1.807, 2.05) is 11.0 Å². The van der Waals surface area contributed by atoms with Crippen LogP contribution in [0.15, 0.2) is 34.5 Å². The van der Waals surface area contributed by atoms with E-state index in [0.29, 0.717) is 30.5 Å². The zero-order valence-corrected chi connectivity index (χ0v) is 17.7. The van der Waals surface area contributed by atoms with Crippen molar-refractivity contribution in [2.24, 2.45) is 0 Å². The van der Waals surface area contributed by atoms with E-state index in [2.05, 4.69) is 17.4 Å². The molecule has 0 bridgehead atoms. The molecule has 0 saturated carbocycles. The molecule has 0 unspecified atom stereocenters. The molecule has 1 saturated heterocycles. The fraction of sp³-hybridized carbons (Fsp3) is 0.421. The van der Waals surface area contributed by atoms with Crippen molar-refractivity contribution in [2.45, 2.75) is 23.5 Å². The molecule has 1 aliphatic carbocycles. The standard InChI is InChI=1S/C19H22ClN3O3S2/c20-17-6-7-19(27-17)28(25,26)23-10-8-22(9-11-23)13-18(24)21-16-5-4-14-2-1-3-15(14)12-16/h4-7,12H,1-3,8-11,13H2,(H,21,24). The maximum Gasteiger partial charge on any atom is 0.252 e. The van der Waals surface area contributed by atoms with Crippen molar-refractivity contribution in [2.75, 3.05) is 38.0 Å². The van der Waals surface area contributed by atoms with Crippen LogP contribution in [0.2, 0.25) is 4.34 Å². The third-order valence-electron chi connectivity index (χ3n) is 5.22. The Morgan fingerprint density at radius 1 is 1.07 bits per heavy atom. The maximum absolute atomic E-state index is 12.6. The van der Waals surface area contributed by atoms with E-state index in [9.17, 15) is 13.2 Å². The molecule has 1 N–H and O–H groups in total. The lowest BCUT2D eigenvalue weighted by Crippen LogP contribution is -2.50. The number of amides is 1. The molecular weight excluding hydrogens is 418 g/mol. The molecule has 0 atom stereocenters. The molecule has 1 aliphatic heterocycles. The monoisotopic (exact) mass is 439 g/mol. The van der Waals surface area contributed by atoms with Crippen molar-refractivity contribution in [1.29, 1.82) is 0 Å². The van der Waals surface area contributed by atoms with E-state index >= 15 is 0 Å². The molecular formula is C19H22ClN3O3S2. The van der Waals surface area contributed by atoms with Gasteiger partial charge < -0.3 is 5.32 Å². The SMILES string of the molecule is O=C(CN1CCN(S(=O)(=O)c2ccc(Cl)s2)CC1)Nc1ccc2c(c1)CCC2. The normalized spacial score (nSPS) is 18.2. The first-order chi connectivity index (χ1) is 13.4. The Balaban J connectivity index is 1.30. The molecule has 150 valence electrons. The third-order valence-corrected chi connectivity index (χ3v) is 8.82. The van der Waals surface area contributed by atoms with E-state index in [1.165, 1.54) is 21.9 Å². The minimum atomic E-state index is -3.51. The average Bonchev–Trinajstić information content (AvgIpc) is 3.30. The highest BCUT2D eigenvalue weighted by Crippen LogP contribution is 2.28. The van der Waals surface area contributed by atoms with Gasteiger partial charge in [-0.1, -0.05) is 17.7 Å². The Bertz CT molecular complexity index is 982. The second kappa shape index (κ2) is 8.12. The number of fused-ring (bicyclic) bond motifs is 1. The highest BCUT2D eigenvalue weighted by atomic mass is 35.5. The molecule has 0 radical (unpaired) electrons. The van der Waals surface area contributed by atoms with Gasteiger partial charge in [-0.05, 0) is 54.7 Å². The topological polar surface area (TPSA) is 69.7 Å². The van der Waals surface area contributed by atoms with Crippen molar-refractivity contribution in [3.8, 4) is 0 Å². The van der Waals surface area contributed by atoms with Crippen LogP contribution < -0.4 is 5.32 Å². The number of thiophene rings is 1. The number of piperazine rings is 1. The molecule has 28 heavy (non-hydrogen) atoms. The van der Waals surface area contributed by atoms with Gasteiger partial charge in [-0.2, -0.15) is 4.31 Å². The fourth-order valence-electron chi connectivity index (χ4n) is 3.74. The van der Waals surface area contributed by atoms with Gasteiger partial charge in [-0.15, -0.1) is 11.3 Å². The predicted molar refractivity (Wildman–Crippen MR) is 112 cm³/mol. The summed E-state index contributed by atoms with van der Waals surface area (Å²) in [6, 6.07) is 9.26. The number of hydrogen-bond donors (Lipinski definition) is 1. The molecule has 0 spiro atoms. The number of aryl methyl sites for hydroxylation is 2. The molecule has 1 fully saturated rings. The molecule has 9 heteroatoms. The lowest BCUT2D eigenvalue weighted by atomic mass is 10.1. The predicted octanol–water partition coefficient (Wildman–Crippen LogP) is 2.84. The first-order valence-corrected chi connectivity index (χ1v) is 11.9. The van der Waals surface area contributed by atoms with Gasteiger partial charge in [0, 0.05) is 31.9 Å². The number of hydrogen-bond acceptors (Lipinski definition) is 5. The minimum Gasteiger partial charge on any atom is -0.325 e. The van der Waals surface area contributed by atoms with Crippen LogP contribution in [-0.2, 0) is 27.7 Å². The number of nitrogens with one attached hydrogen (secondary N) is 1. The van der Waals surface area contributed by atoms with Gasteiger partial charge in [-0.3, -0.25) is 9.69 Å². The Morgan fingerprint density at radius 2 is 1.82 bits per heavy atom. The lowest BCUT2D eigenvalue weighted by molar-refractivity contribution is -0.117. The summed E-state index contributed by atoms with van der Waals surface area (Å²) in [7, 11) is -3.51. The Hall–Kier alpha value is -1.45. The maximum atomic E-state index is 12.6. The van der Waals surface area contributed by atoms with Gasteiger partial charge in [0.25, 0.3) is 10.0 Å². The fourth-order valence-corrected chi connectivity index (χ4v) is 6.80. The van der Waals surface area contributed by atoms with Crippen LogP contribution in [0.25, 0.3) is 0 Å². The van der Waals surface area contributed by atoms with E-state index in [0.717, 1.165) is 29.9 Å². The summed E-state index contributed by atoms with van der Waals surface area (Å²) >= 11 is 6.93. The van der Waals surface area contributed by atoms with Crippen molar-refractivity contribution in [3.63, 3.8) is 0 Å². The molecule has 6 nitrogen and oxygen atoms in total. The molecule has 1 aromatic carbocycles. The van der Waals surface area contributed by atoms with Gasteiger partial charge in [0.1, 0.15) is 4.21 Å². The number of carbonyl (C=O) groups excluding carboxylic acids is 1. The first kappa shape index (κ1) is 19.8. The smallest absolute Gasteiger partial charge is 0.252 e. The number of benzene rings is 1. The van der Waals surface area contributed by atoms with E-state index in [4.69, 9.17) is 11.6 Å². The number of sulfonamides is 1. The van der Waals surface area contributed by atoms with Crippen LogP contribution in [0.4, 0.5) is 5.69 Å². The molecule has 2 aromatic rings. The third kappa shape index (κ3) is 4.26. The Kier molecular flexibility index (Phi) is 5.76. The van der Waals surface area contributed by atoms with Crippen LogP contribution in [0.1, 0.15) is 17.5 Å². The van der Waals surface area contributed by atoms with Gasteiger partial charge in [-0.25, -0.2) is 8.42 Å². The van der Waals surface area contributed by atoms with Crippen LogP contribution in [0, 0.1) is 0 Å². The van der Waals surface area contributed by atoms with Crippen LogP contribution in [-0.4, -0.2) is 56.3 Å². The summed E-state index contributed by atoms with van der Waals surface area (Å²) in [5.41, 5.74) is 3.54. The number of carbonyl (C=O) groups is 1. The van der Waals surface area contributed by atoms with Gasteiger partial charge in [0.15, 0.2) is 0 Å². The highest BCUT2D eigenvalue weighted by Gasteiger charge is 2.30. The summed E-state index contributed by atoms with van der Waals surface area (Å²) < 4.78 is 27.5. The largest absolute Gasteiger partial charge is 0.325 e. The number of rotatable bonds is 5. The van der Waals surface area contributed by atoms with Gasteiger partial charge in [0.05, 0.1) is 10.9 Å². The Morgan fingerprint density at radius 3 is 2.54 bits per heavy atom. The van der Waals surface area contributed by atoms with Crippen molar-refractivity contribution in [1.82, 2.24) is 9.21 Å². The molecule has 1 aromatic heterocycles. The first-order valence-electron chi connectivity index (χ1n) is 9.31. The van der Waals surface area contributed by atoms with Crippen molar-refractivity contribution >= 4 is 44.6 Å². The molecule has 1 amide bonds. The van der Waals surface area contributed by atoms with Crippen molar-refractivity contribution < 1.29 is 13.2 Å². The highest BCUT2D eigenvalue weighted by molar-refractivity contribution is 7.91. The average molecular weight is 440 g/mol. The minimum absolute atomic E-state index is 0.0701. The Labute approximate surface area is 174 Å². The van der Waals surface area contributed by atoms with E-state index < -0.39 is 10.0 Å². The van der Waals surface area contributed by atoms with Gasteiger partial charge in [0.2, 0.25) is 5.91 Å². The lowest BCUT2D eigenvalue weighted by Gasteiger charge is -2.33. The summed E-state index contributed by atoms with van der Waals surface area (Å²) in [5.74, 6) is -0.0701. The molecule has 2 aliphatic rings. The molecule has 2 heterocycles. The summed E-state index contributed by atoms with van der Waals surface area (Å²) in [5, 5.41) is 2.96. The quantitative estimate of drug-likeness (QED) is 0.777. The second-order valence-corrected chi connectivity index (χ2v) is 11.0.